The van der Waals surface area contributed by atoms with Crippen molar-refractivity contribution in [3.63, 3.8) is 0 Å². The van der Waals surface area contributed by atoms with Crippen LogP contribution in [0.15, 0.2) is 46.0 Å². The maximum atomic E-state index is 13.4. The summed E-state index contributed by atoms with van der Waals surface area (Å²) in [6.45, 7) is 5.71. The van der Waals surface area contributed by atoms with Gasteiger partial charge in [0.2, 0.25) is 0 Å². The minimum atomic E-state index is -0.544. The van der Waals surface area contributed by atoms with Crippen LogP contribution in [0.5, 0.6) is 0 Å². The molecule has 0 bridgehead atoms. The second-order valence-corrected chi connectivity index (χ2v) is 10.0. The molecule has 0 unspecified atom stereocenters. The first-order valence-corrected chi connectivity index (χ1v) is 11.5. The van der Waals surface area contributed by atoms with E-state index in [2.05, 4.69) is 0 Å². The Morgan fingerprint density at radius 1 is 1.10 bits per heavy atom. The van der Waals surface area contributed by atoms with Crippen molar-refractivity contribution >= 4 is 50.3 Å². The lowest BCUT2D eigenvalue weighted by molar-refractivity contribution is 0.0971. The fraction of sp³-hybridized carbons (Fsp3) is 0.227. The molecule has 30 heavy (non-hydrogen) atoms. The summed E-state index contributed by atoms with van der Waals surface area (Å²) in [6, 6.07) is 10.3. The van der Waals surface area contributed by atoms with E-state index >= 15 is 0 Å². The quantitative estimate of drug-likeness (QED) is 0.396. The van der Waals surface area contributed by atoms with Crippen molar-refractivity contribution < 1.29 is 4.79 Å². The van der Waals surface area contributed by atoms with Gasteiger partial charge in [-0.15, -0.1) is 22.7 Å². The van der Waals surface area contributed by atoms with E-state index in [9.17, 15) is 14.4 Å². The number of ketones is 1. The third-order valence-electron chi connectivity index (χ3n) is 4.92. The number of hydrogen-bond acceptors (Lipinski definition) is 5. The highest BCUT2D eigenvalue weighted by Crippen LogP contribution is 2.25. The molecule has 154 valence electrons. The van der Waals surface area contributed by atoms with Gasteiger partial charge in [0, 0.05) is 25.2 Å². The van der Waals surface area contributed by atoms with Crippen molar-refractivity contribution in [2.24, 2.45) is 0 Å². The number of carbonyl (C=O) groups is 1. The van der Waals surface area contributed by atoms with Crippen LogP contribution in [0, 0.1) is 13.8 Å². The van der Waals surface area contributed by atoms with Crippen molar-refractivity contribution in [2.45, 2.75) is 33.7 Å². The lowest BCUT2D eigenvalue weighted by Gasteiger charge is -2.12. The third-order valence-corrected chi connectivity index (χ3v) is 7.43. The predicted octanol–water partition coefficient (Wildman–Crippen LogP) is 4.99. The van der Waals surface area contributed by atoms with Gasteiger partial charge >= 0.3 is 5.69 Å². The molecule has 0 aliphatic rings. The van der Waals surface area contributed by atoms with Crippen molar-refractivity contribution in [3.8, 4) is 5.69 Å². The van der Waals surface area contributed by atoms with Crippen LogP contribution in [0.3, 0.4) is 0 Å². The molecule has 3 heterocycles. The number of aromatic nitrogens is 2. The van der Waals surface area contributed by atoms with E-state index in [-0.39, 0.29) is 12.3 Å². The van der Waals surface area contributed by atoms with Crippen LogP contribution < -0.4 is 11.2 Å². The highest BCUT2D eigenvalue weighted by Gasteiger charge is 2.21. The molecule has 0 atom stereocenters. The van der Waals surface area contributed by atoms with E-state index in [1.807, 2.05) is 32.9 Å². The summed E-state index contributed by atoms with van der Waals surface area (Å²) in [5, 5.41) is 0.855. The van der Waals surface area contributed by atoms with Gasteiger partial charge in [0.15, 0.2) is 5.78 Å². The van der Waals surface area contributed by atoms with Gasteiger partial charge in [0.1, 0.15) is 4.83 Å². The smallest absolute Gasteiger partial charge is 0.292 e. The Bertz CT molecular complexity index is 1410. The zero-order valence-electron chi connectivity index (χ0n) is 16.7. The molecule has 0 spiro atoms. The first-order valence-electron chi connectivity index (χ1n) is 9.44. The number of carbonyl (C=O) groups excluding carboxylic acids is 1. The fourth-order valence-electron chi connectivity index (χ4n) is 3.49. The predicted molar refractivity (Wildman–Crippen MR) is 124 cm³/mol. The van der Waals surface area contributed by atoms with Crippen molar-refractivity contribution in [1.29, 1.82) is 0 Å². The van der Waals surface area contributed by atoms with Gasteiger partial charge in [0.25, 0.3) is 5.56 Å². The van der Waals surface area contributed by atoms with Gasteiger partial charge in [0.05, 0.1) is 17.6 Å². The lowest BCUT2D eigenvalue weighted by atomic mass is 10.1. The van der Waals surface area contributed by atoms with E-state index in [1.54, 1.807) is 35.6 Å². The molecule has 8 heteroatoms. The summed E-state index contributed by atoms with van der Waals surface area (Å²) >= 11 is 9.03. The number of Topliss-reactive ketones (excluding diaryl/α,β-unsaturated/α-hetero) is 1. The average Bonchev–Trinajstić information content (AvgIpc) is 3.28. The zero-order chi connectivity index (χ0) is 21.6. The van der Waals surface area contributed by atoms with Crippen molar-refractivity contribution in [3.05, 3.63) is 82.5 Å². The number of rotatable bonds is 5. The van der Waals surface area contributed by atoms with Crippen molar-refractivity contribution in [1.82, 2.24) is 9.13 Å². The Kier molecular flexibility index (Phi) is 5.53. The number of benzene rings is 1. The van der Waals surface area contributed by atoms with Gasteiger partial charge in [-0.05, 0) is 50.6 Å². The zero-order valence-corrected chi connectivity index (χ0v) is 19.1. The lowest BCUT2D eigenvalue weighted by Crippen LogP contribution is -2.39. The monoisotopic (exact) mass is 458 g/mol. The Hall–Kier alpha value is -2.48. The molecular weight excluding hydrogens is 440 g/mol. The molecule has 0 radical (unpaired) electrons. The number of thiophene rings is 2. The first-order chi connectivity index (χ1) is 14.3. The van der Waals surface area contributed by atoms with Crippen LogP contribution in [0.2, 0.25) is 5.02 Å². The summed E-state index contributed by atoms with van der Waals surface area (Å²) in [7, 11) is 0. The van der Waals surface area contributed by atoms with E-state index in [0.717, 1.165) is 25.6 Å². The van der Waals surface area contributed by atoms with Crippen LogP contribution in [0.25, 0.3) is 15.9 Å². The number of hydrogen-bond donors (Lipinski definition) is 0. The Morgan fingerprint density at radius 3 is 2.50 bits per heavy atom. The molecule has 4 aromatic rings. The van der Waals surface area contributed by atoms with Gasteiger partial charge in [-0.3, -0.25) is 14.2 Å². The van der Waals surface area contributed by atoms with E-state index in [4.69, 9.17) is 11.6 Å². The molecule has 0 amide bonds. The minimum Gasteiger partial charge on any atom is -0.292 e. The summed E-state index contributed by atoms with van der Waals surface area (Å²) < 4.78 is 2.51. The fourth-order valence-corrected chi connectivity index (χ4v) is 5.70. The highest BCUT2D eigenvalue weighted by atomic mass is 35.5. The van der Waals surface area contributed by atoms with Gasteiger partial charge in [-0.2, -0.15) is 0 Å². The Morgan fingerprint density at radius 2 is 1.87 bits per heavy atom. The maximum Gasteiger partial charge on any atom is 0.337 e. The molecule has 0 N–H and O–H groups in total. The topological polar surface area (TPSA) is 61.1 Å². The second kappa shape index (κ2) is 7.98. The van der Waals surface area contributed by atoms with E-state index in [0.29, 0.717) is 26.5 Å². The molecule has 4 rings (SSSR count). The summed E-state index contributed by atoms with van der Waals surface area (Å²) in [4.78, 5) is 43.1. The Balaban J connectivity index is 1.97. The molecule has 5 nitrogen and oxygen atoms in total. The molecule has 0 aliphatic heterocycles. The molecule has 0 aliphatic carbocycles. The summed E-state index contributed by atoms with van der Waals surface area (Å²) in [6.07, 6.45) is 0.737. The second-order valence-electron chi connectivity index (χ2n) is 7.02. The SMILES string of the molecule is CCc1cc2c(=O)n(-c3cccc(Cl)c3)c(=O)n(CC(=O)c3cc(C)sc3C)c2s1. The number of aryl methyl sites for hydroxylation is 3. The van der Waals surface area contributed by atoms with Gasteiger partial charge in [-0.25, -0.2) is 9.36 Å². The molecule has 0 saturated carbocycles. The molecular formula is C22H19ClN2O3S2. The maximum absolute atomic E-state index is 13.4. The number of nitrogens with zero attached hydrogens (tertiary/aromatic N) is 2. The molecule has 1 aromatic carbocycles. The summed E-state index contributed by atoms with van der Waals surface area (Å²) in [5.74, 6) is -0.150. The summed E-state index contributed by atoms with van der Waals surface area (Å²) in [5.41, 5.74) is 0.0504. The first kappa shape index (κ1) is 20.8. The van der Waals surface area contributed by atoms with E-state index < -0.39 is 11.2 Å². The normalized spacial score (nSPS) is 11.3. The average molecular weight is 459 g/mol. The van der Waals surface area contributed by atoms with Crippen LogP contribution in [0.4, 0.5) is 0 Å². The van der Waals surface area contributed by atoms with E-state index in [1.165, 1.54) is 15.9 Å². The largest absolute Gasteiger partial charge is 0.337 e. The highest BCUT2D eigenvalue weighted by molar-refractivity contribution is 7.18. The Labute approximate surface area is 185 Å². The molecule has 0 saturated heterocycles. The minimum absolute atomic E-state index is 0.128. The molecule has 0 fully saturated rings. The molecule has 3 aromatic heterocycles. The van der Waals surface area contributed by atoms with Crippen LogP contribution in [-0.2, 0) is 13.0 Å². The van der Waals surface area contributed by atoms with Crippen LogP contribution in [0.1, 0.15) is 31.9 Å². The third kappa shape index (κ3) is 3.57. The van der Waals surface area contributed by atoms with Gasteiger partial charge < -0.3 is 0 Å². The van der Waals surface area contributed by atoms with Gasteiger partial charge in [-0.1, -0.05) is 24.6 Å². The standard InChI is InChI=1S/C22H19ClN2O3S2/c1-4-16-10-18-20(27)25(15-7-5-6-14(23)9-15)22(28)24(21(18)30-16)11-19(26)17-8-12(2)29-13(17)3/h5-10H,4,11H2,1-3H3. The number of fused-ring (bicyclic) bond motifs is 1. The van der Waals surface area contributed by atoms with Crippen molar-refractivity contribution in [2.75, 3.05) is 0 Å². The number of halogens is 1. The van der Waals surface area contributed by atoms with Crippen LogP contribution >= 0.6 is 34.3 Å². The van der Waals surface area contributed by atoms with Crippen LogP contribution in [-0.4, -0.2) is 14.9 Å².